The minimum absolute atomic E-state index is 0.0442. The van der Waals surface area contributed by atoms with Gasteiger partial charge in [0.25, 0.3) is 0 Å². The third-order valence-electron chi connectivity index (χ3n) is 5.58. The molecule has 1 heterocycles. The first kappa shape index (κ1) is 25.9. The summed E-state index contributed by atoms with van der Waals surface area (Å²) in [7, 11) is 0. The zero-order chi connectivity index (χ0) is 24.7. The van der Waals surface area contributed by atoms with Gasteiger partial charge in [0.05, 0.1) is 19.3 Å². The standard InChI is InChI=1S/C25H30ClF2N3O3/c1-17(11-26)15-34-24-9-6-19(10-23(24)28)25(2,3)18-4-7-22(8-5-18)33-16-21(32)14-31-13-20(12-27)29-30-31/h4-10,13,17,21,32H,11-12,14-16H2,1-3H3/i27-1. The van der Waals surface area contributed by atoms with E-state index in [4.69, 9.17) is 21.1 Å². The number of alkyl halides is 2. The van der Waals surface area contributed by atoms with Crippen molar-refractivity contribution in [3.63, 3.8) is 0 Å². The normalized spacial score (nSPS) is 13.5. The lowest BCUT2D eigenvalue weighted by atomic mass is 9.78. The van der Waals surface area contributed by atoms with Gasteiger partial charge in [-0.15, -0.1) is 16.7 Å². The monoisotopic (exact) mass is 492 g/mol. The SMILES string of the molecule is CC(CCl)COc1ccc(C(C)(C)c2ccc(OCC(O)Cn3cc(C[18F])nn3)cc2)cc1F. The highest BCUT2D eigenvalue weighted by molar-refractivity contribution is 6.18. The van der Waals surface area contributed by atoms with Crippen molar-refractivity contribution in [2.24, 2.45) is 5.92 Å². The van der Waals surface area contributed by atoms with Crippen LogP contribution in [0, 0.1) is 11.7 Å². The Morgan fingerprint density at radius 3 is 2.41 bits per heavy atom. The molecule has 6 nitrogen and oxygen atoms in total. The Balaban J connectivity index is 1.59. The summed E-state index contributed by atoms with van der Waals surface area (Å²) in [4.78, 5) is 0. The number of ether oxygens (including phenoxy) is 2. The predicted octanol–water partition coefficient (Wildman–Crippen LogP) is 4.91. The van der Waals surface area contributed by atoms with Crippen LogP contribution >= 0.6 is 11.6 Å². The van der Waals surface area contributed by atoms with Crippen molar-refractivity contribution >= 4 is 11.6 Å². The average molecular weight is 493 g/mol. The molecular formula is C25H30ClF2N3O3. The Bertz CT molecular complexity index is 1060. The van der Waals surface area contributed by atoms with E-state index in [-0.39, 0.29) is 30.5 Å². The maximum absolute atomic E-state index is 14.6. The summed E-state index contributed by atoms with van der Waals surface area (Å²) in [6.45, 7) is 5.82. The second-order valence-corrected chi connectivity index (χ2v) is 9.20. The molecule has 2 unspecified atom stereocenters. The number of halogens is 3. The minimum atomic E-state index is -0.832. The smallest absolute Gasteiger partial charge is 0.165 e. The number of aliphatic hydroxyl groups excluding tert-OH is 1. The molecule has 3 rings (SSSR count). The van der Waals surface area contributed by atoms with Gasteiger partial charge >= 0.3 is 0 Å². The van der Waals surface area contributed by atoms with E-state index in [2.05, 4.69) is 10.3 Å². The van der Waals surface area contributed by atoms with Crippen LogP contribution in [0.5, 0.6) is 11.5 Å². The zero-order valence-electron chi connectivity index (χ0n) is 19.5. The van der Waals surface area contributed by atoms with Gasteiger partial charge in [0, 0.05) is 17.2 Å². The molecule has 0 bridgehead atoms. The lowest BCUT2D eigenvalue weighted by Gasteiger charge is -2.27. The van der Waals surface area contributed by atoms with Crippen LogP contribution in [0.2, 0.25) is 0 Å². The second kappa shape index (κ2) is 11.6. The topological polar surface area (TPSA) is 69.4 Å². The van der Waals surface area contributed by atoms with Crippen LogP contribution in [-0.4, -0.2) is 45.3 Å². The van der Waals surface area contributed by atoms with Crippen LogP contribution in [0.3, 0.4) is 0 Å². The Labute approximate surface area is 203 Å². The molecule has 2 aromatic carbocycles. The molecular weight excluding hydrogens is 463 g/mol. The third-order valence-corrected chi connectivity index (χ3v) is 6.11. The highest BCUT2D eigenvalue weighted by atomic mass is 35.5. The summed E-state index contributed by atoms with van der Waals surface area (Å²) in [5, 5.41) is 17.5. The summed E-state index contributed by atoms with van der Waals surface area (Å²) in [6.07, 6.45) is 0.614. The summed E-state index contributed by atoms with van der Waals surface area (Å²) in [6, 6.07) is 12.5. The predicted molar refractivity (Wildman–Crippen MR) is 127 cm³/mol. The van der Waals surface area contributed by atoms with Crippen molar-refractivity contribution in [3.8, 4) is 11.5 Å². The van der Waals surface area contributed by atoms with Crippen molar-refractivity contribution in [1.82, 2.24) is 15.0 Å². The van der Waals surface area contributed by atoms with Gasteiger partial charge in [0.15, 0.2) is 11.6 Å². The Hall–Kier alpha value is -2.71. The molecule has 0 amide bonds. The molecule has 1 N–H and O–H groups in total. The molecule has 0 aliphatic carbocycles. The first-order valence-electron chi connectivity index (χ1n) is 11.1. The van der Waals surface area contributed by atoms with Crippen LogP contribution < -0.4 is 9.47 Å². The van der Waals surface area contributed by atoms with Crippen LogP contribution in [-0.2, 0) is 18.6 Å². The van der Waals surface area contributed by atoms with Gasteiger partial charge in [-0.1, -0.05) is 44.2 Å². The molecule has 1 aromatic heterocycles. The van der Waals surface area contributed by atoms with E-state index in [0.717, 1.165) is 11.1 Å². The molecule has 9 heteroatoms. The number of nitrogens with zero attached hydrogens (tertiary/aromatic N) is 3. The molecule has 34 heavy (non-hydrogen) atoms. The first-order valence-corrected chi connectivity index (χ1v) is 11.6. The molecule has 184 valence electrons. The molecule has 2 atom stereocenters. The van der Waals surface area contributed by atoms with Crippen LogP contribution in [0.15, 0.2) is 48.7 Å². The fourth-order valence-electron chi connectivity index (χ4n) is 3.37. The Morgan fingerprint density at radius 2 is 1.79 bits per heavy atom. The molecule has 3 aromatic rings. The van der Waals surface area contributed by atoms with Gasteiger partial charge in [-0.3, -0.25) is 0 Å². The largest absolute Gasteiger partial charge is 0.491 e. The third kappa shape index (κ3) is 6.67. The number of benzene rings is 2. The summed E-state index contributed by atoms with van der Waals surface area (Å²) in [5.74, 6) is 0.980. The maximum Gasteiger partial charge on any atom is 0.165 e. The number of aromatic nitrogens is 3. The van der Waals surface area contributed by atoms with Crippen molar-refractivity contribution in [2.45, 2.75) is 45.5 Å². The number of hydrogen-bond acceptors (Lipinski definition) is 5. The summed E-state index contributed by atoms with van der Waals surface area (Å²) >= 11 is 5.78. The van der Waals surface area contributed by atoms with E-state index in [1.54, 1.807) is 6.07 Å². The highest BCUT2D eigenvalue weighted by Gasteiger charge is 2.24. The van der Waals surface area contributed by atoms with E-state index < -0.39 is 24.0 Å². The molecule has 0 saturated carbocycles. The van der Waals surface area contributed by atoms with E-state index in [0.29, 0.717) is 18.2 Å². The number of aliphatic hydroxyl groups is 1. The van der Waals surface area contributed by atoms with Crippen molar-refractivity contribution in [1.29, 1.82) is 0 Å². The minimum Gasteiger partial charge on any atom is -0.491 e. The summed E-state index contributed by atoms with van der Waals surface area (Å²) in [5.41, 5.74) is 1.55. The van der Waals surface area contributed by atoms with E-state index in [1.165, 1.54) is 16.9 Å². The van der Waals surface area contributed by atoms with Crippen LogP contribution in [0.4, 0.5) is 8.78 Å². The first-order chi connectivity index (χ1) is 16.2. The molecule has 0 saturated heterocycles. The lowest BCUT2D eigenvalue weighted by molar-refractivity contribution is 0.0888. The molecule has 0 radical (unpaired) electrons. The zero-order valence-corrected chi connectivity index (χ0v) is 20.3. The highest BCUT2D eigenvalue weighted by Crippen LogP contribution is 2.34. The fraction of sp³-hybridized carbons (Fsp3) is 0.440. The van der Waals surface area contributed by atoms with Crippen molar-refractivity contribution < 1.29 is 23.4 Å². The average Bonchev–Trinajstić information content (AvgIpc) is 3.29. The number of rotatable bonds is 12. The Kier molecular flexibility index (Phi) is 8.85. The quantitative estimate of drug-likeness (QED) is 0.364. The van der Waals surface area contributed by atoms with Crippen LogP contribution in [0.1, 0.15) is 37.6 Å². The van der Waals surface area contributed by atoms with Gasteiger partial charge in [-0.2, -0.15) is 0 Å². The molecule has 0 fully saturated rings. The number of hydrogen-bond donors (Lipinski definition) is 1. The van der Waals surface area contributed by atoms with Gasteiger partial charge < -0.3 is 14.6 Å². The molecule has 0 aliphatic rings. The lowest BCUT2D eigenvalue weighted by Crippen LogP contribution is -2.24. The van der Waals surface area contributed by atoms with E-state index >= 15 is 0 Å². The molecule has 0 spiro atoms. The summed E-state index contributed by atoms with van der Waals surface area (Å²) < 4.78 is 39.8. The van der Waals surface area contributed by atoms with Crippen molar-refractivity contribution in [2.75, 3.05) is 19.1 Å². The van der Waals surface area contributed by atoms with Gasteiger partial charge in [-0.05, 0) is 35.4 Å². The van der Waals surface area contributed by atoms with Gasteiger partial charge in [0.2, 0.25) is 0 Å². The second-order valence-electron chi connectivity index (χ2n) is 8.90. The van der Waals surface area contributed by atoms with E-state index in [9.17, 15) is 13.9 Å². The van der Waals surface area contributed by atoms with Gasteiger partial charge in [-0.25, -0.2) is 13.5 Å². The maximum atomic E-state index is 14.6. The van der Waals surface area contributed by atoms with Crippen LogP contribution in [0.25, 0.3) is 0 Å². The van der Waals surface area contributed by atoms with E-state index in [1.807, 2.05) is 51.1 Å². The molecule has 0 aliphatic heterocycles. The van der Waals surface area contributed by atoms with Crippen molar-refractivity contribution in [3.05, 3.63) is 71.3 Å². The van der Waals surface area contributed by atoms with Gasteiger partial charge in [0.1, 0.15) is 30.8 Å². The fourth-order valence-corrected chi connectivity index (χ4v) is 3.46. The Morgan fingerprint density at radius 1 is 1.09 bits per heavy atom.